The maximum atomic E-state index is 10.9. The van der Waals surface area contributed by atoms with E-state index in [9.17, 15) is 4.79 Å². The fourth-order valence-electron chi connectivity index (χ4n) is 1.20. The SMILES string of the molecule is CCC(=O)NCCCN(CC)CC. The summed E-state index contributed by atoms with van der Waals surface area (Å²) in [6.45, 7) is 10.3. The molecule has 0 aliphatic rings. The van der Waals surface area contributed by atoms with Gasteiger partial charge in [0.15, 0.2) is 0 Å². The predicted octanol–water partition coefficient (Wildman–Crippen LogP) is 1.24. The van der Waals surface area contributed by atoms with Crippen LogP contribution in [0.3, 0.4) is 0 Å². The van der Waals surface area contributed by atoms with Crippen LogP contribution in [0.2, 0.25) is 0 Å². The van der Waals surface area contributed by atoms with Gasteiger partial charge in [-0.15, -0.1) is 0 Å². The van der Waals surface area contributed by atoms with Gasteiger partial charge in [0.05, 0.1) is 0 Å². The molecule has 0 bridgehead atoms. The van der Waals surface area contributed by atoms with Crippen molar-refractivity contribution in [2.45, 2.75) is 33.6 Å². The Morgan fingerprint density at radius 3 is 2.31 bits per heavy atom. The van der Waals surface area contributed by atoms with Gasteiger partial charge in [-0.25, -0.2) is 0 Å². The number of carbonyl (C=O) groups excluding carboxylic acids is 1. The molecule has 3 heteroatoms. The van der Waals surface area contributed by atoms with Gasteiger partial charge in [-0.3, -0.25) is 4.79 Å². The summed E-state index contributed by atoms with van der Waals surface area (Å²) in [5.41, 5.74) is 0. The van der Waals surface area contributed by atoms with Crippen molar-refractivity contribution in [2.75, 3.05) is 26.2 Å². The van der Waals surface area contributed by atoms with Crippen LogP contribution in [0.25, 0.3) is 0 Å². The Morgan fingerprint density at radius 2 is 1.85 bits per heavy atom. The molecular formula is C10H22N2O. The van der Waals surface area contributed by atoms with Crippen molar-refractivity contribution < 1.29 is 4.79 Å². The van der Waals surface area contributed by atoms with Gasteiger partial charge < -0.3 is 10.2 Å². The summed E-state index contributed by atoms with van der Waals surface area (Å²) >= 11 is 0. The molecule has 0 atom stereocenters. The van der Waals surface area contributed by atoms with Gasteiger partial charge in [-0.1, -0.05) is 20.8 Å². The van der Waals surface area contributed by atoms with Crippen molar-refractivity contribution in [1.29, 1.82) is 0 Å². The van der Waals surface area contributed by atoms with Gasteiger partial charge in [0.25, 0.3) is 0 Å². The highest BCUT2D eigenvalue weighted by Gasteiger charge is 1.99. The lowest BCUT2D eigenvalue weighted by atomic mass is 10.3. The Bertz CT molecular complexity index is 133. The van der Waals surface area contributed by atoms with Gasteiger partial charge in [0.1, 0.15) is 0 Å². The van der Waals surface area contributed by atoms with Gasteiger partial charge in [0, 0.05) is 13.0 Å². The summed E-state index contributed by atoms with van der Waals surface area (Å²) < 4.78 is 0. The minimum absolute atomic E-state index is 0.152. The number of nitrogens with zero attached hydrogens (tertiary/aromatic N) is 1. The summed E-state index contributed by atoms with van der Waals surface area (Å²) in [7, 11) is 0. The second-order valence-electron chi connectivity index (χ2n) is 3.08. The van der Waals surface area contributed by atoms with Crippen LogP contribution in [0.5, 0.6) is 0 Å². The van der Waals surface area contributed by atoms with Crippen LogP contribution >= 0.6 is 0 Å². The van der Waals surface area contributed by atoms with Crippen LogP contribution in [0.4, 0.5) is 0 Å². The molecule has 0 aliphatic heterocycles. The van der Waals surface area contributed by atoms with Crippen molar-refractivity contribution >= 4 is 5.91 Å². The fraction of sp³-hybridized carbons (Fsp3) is 0.900. The maximum absolute atomic E-state index is 10.9. The molecule has 0 aromatic heterocycles. The highest BCUT2D eigenvalue weighted by atomic mass is 16.1. The third-order valence-electron chi connectivity index (χ3n) is 2.19. The molecule has 0 rings (SSSR count). The van der Waals surface area contributed by atoms with E-state index in [4.69, 9.17) is 0 Å². The van der Waals surface area contributed by atoms with Gasteiger partial charge >= 0.3 is 0 Å². The summed E-state index contributed by atoms with van der Waals surface area (Å²) in [5.74, 6) is 0.152. The molecule has 78 valence electrons. The van der Waals surface area contributed by atoms with E-state index in [2.05, 4.69) is 24.1 Å². The number of amides is 1. The van der Waals surface area contributed by atoms with Crippen molar-refractivity contribution in [3.63, 3.8) is 0 Å². The number of rotatable bonds is 7. The monoisotopic (exact) mass is 186 g/mol. The first-order chi connectivity index (χ1) is 6.24. The smallest absolute Gasteiger partial charge is 0.219 e. The van der Waals surface area contributed by atoms with E-state index < -0.39 is 0 Å². The van der Waals surface area contributed by atoms with Crippen molar-refractivity contribution in [3.05, 3.63) is 0 Å². The zero-order chi connectivity index (χ0) is 10.1. The zero-order valence-electron chi connectivity index (χ0n) is 9.10. The average Bonchev–Trinajstić information content (AvgIpc) is 2.18. The quantitative estimate of drug-likeness (QED) is 0.607. The van der Waals surface area contributed by atoms with Crippen molar-refractivity contribution in [2.24, 2.45) is 0 Å². The van der Waals surface area contributed by atoms with E-state index in [0.29, 0.717) is 6.42 Å². The molecule has 1 N–H and O–H groups in total. The van der Waals surface area contributed by atoms with Gasteiger partial charge in [0.2, 0.25) is 5.91 Å². The van der Waals surface area contributed by atoms with E-state index in [-0.39, 0.29) is 5.91 Å². The zero-order valence-corrected chi connectivity index (χ0v) is 9.10. The summed E-state index contributed by atoms with van der Waals surface area (Å²) in [5, 5.41) is 2.87. The van der Waals surface area contributed by atoms with Crippen LogP contribution in [-0.2, 0) is 4.79 Å². The first kappa shape index (κ1) is 12.4. The average molecular weight is 186 g/mol. The summed E-state index contributed by atoms with van der Waals surface area (Å²) in [6, 6.07) is 0. The van der Waals surface area contributed by atoms with E-state index in [0.717, 1.165) is 32.6 Å². The lowest BCUT2D eigenvalue weighted by Crippen LogP contribution is -2.29. The topological polar surface area (TPSA) is 32.3 Å². The number of hydrogen-bond acceptors (Lipinski definition) is 2. The molecule has 0 saturated carbocycles. The highest BCUT2D eigenvalue weighted by molar-refractivity contribution is 5.75. The van der Waals surface area contributed by atoms with Crippen molar-refractivity contribution in [3.8, 4) is 0 Å². The molecule has 0 heterocycles. The Hall–Kier alpha value is -0.570. The minimum atomic E-state index is 0.152. The minimum Gasteiger partial charge on any atom is -0.356 e. The lowest BCUT2D eigenvalue weighted by molar-refractivity contribution is -0.120. The summed E-state index contributed by atoms with van der Waals surface area (Å²) in [4.78, 5) is 13.2. The van der Waals surface area contributed by atoms with Gasteiger partial charge in [-0.05, 0) is 26.1 Å². The van der Waals surface area contributed by atoms with Crippen molar-refractivity contribution in [1.82, 2.24) is 10.2 Å². The number of carbonyl (C=O) groups is 1. The standard InChI is InChI=1S/C10H22N2O/c1-4-10(13)11-8-7-9-12(5-2)6-3/h4-9H2,1-3H3,(H,11,13). The number of nitrogens with one attached hydrogen (secondary N) is 1. The van der Waals surface area contributed by atoms with Crippen LogP contribution in [-0.4, -0.2) is 37.0 Å². The van der Waals surface area contributed by atoms with Crippen LogP contribution in [0, 0.1) is 0 Å². The molecular weight excluding hydrogens is 164 g/mol. The molecule has 0 radical (unpaired) electrons. The second-order valence-corrected chi connectivity index (χ2v) is 3.08. The van der Waals surface area contributed by atoms with Crippen LogP contribution < -0.4 is 5.32 Å². The second kappa shape index (κ2) is 8.05. The molecule has 13 heavy (non-hydrogen) atoms. The normalized spacial score (nSPS) is 10.5. The largest absolute Gasteiger partial charge is 0.356 e. The Balaban J connectivity index is 3.28. The third-order valence-corrected chi connectivity index (χ3v) is 2.19. The molecule has 0 aromatic rings. The van der Waals surface area contributed by atoms with E-state index in [1.165, 1.54) is 0 Å². The fourth-order valence-corrected chi connectivity index (χ4v) is 1.20. The molecule has 0 spiro atoms. The van der Waals surface area contributed by atoms with E-state index in [1.807, 2.05) is 6.92 Å². The predicted molar refractivity (Wildman–Crippen MR) is 55.7 cm³/mol. The molecule has 0 unspecified atom stereocenters. The van der Waals surface area contributed by atoms with Crippen LogP contribution in [0.1, 0.15) is 33.6 Å². The molecule has 0 saturated heterocycles. The first-order valence-electron chi connectivity index (χ1n) is 5.23. The third kappa shape index (κ3) is 6.58. The molecule has 1 amide bonds. The maximum Gasteiger partial charge on any atom is 0.219 e. The Labute approximate surface area is 81.5 Å². The lowest BCUT2D eigenvalue weighted by Gasteiger charge is -2.17. The van der Waals surface area contributed by atoms with E-state index >= 15 is 0 Å². The number of hydrogen-bond donors (Lipinski definition) is 1. The van der Waals surface area contributed by atoms with E-state index in [1.54, 1.807) is 0 Å². The molecule has 0 fully saturated rings. The van der Waals surface area contributed by atoms with Gasteiger partial charge in [-0.2, -0.15) is 0 Å². The highest BCUT2D eigenvalue weighted by Crippen LogP contribution is 1.89. The summed E-state index contributed by atoms with van der Waals surface area (Å²) in [6.07, 6.45) is 1.64. The first-order valence-corrected chi connectivity index (χ1v) is 5.23. The molecule has 0 aliphatic carbocycles. The Kier molecular flexibility index (Phi) is 7.69. The molecule has 0 aromatic carbocycles. The molecule has 3 nitrogen and oxygen atoms in total. The Morgan fingerprint density at radius 1 is 1.23 bits per heavy atom. The van der Waals surface area contributed by atoms with Crippen LogP contribution in [0.15, 0.2) is 0 Å².